The van der Waals surface area contributed by atoms with Crippen LogP contribution in [-0.2, 0) is 15.1 Å². The van der Waals surface area contributed by atoms with Crippen LogP contribution in [-0.4, -0.2) is 39.4 Å². The Hall–Kier alpha value is -2.44. The lowest BCUT2D eigenvalue weighted by Gasteiger charge is -2.21. The van der Waals surface area contributed by atoms with Gasteiger partial charge >= 0.3 is 12.0 Å². The highest BCUT2D eigenvalue weighted by Gasteiger charge is 2.48. The Morgan fingerprint density at radius 2 is 2.26 bits per heavy atom. The molecule has 1 fully saturated rings. The normalized spacial score (nSPS) is 22.5. The monoisotopic (exact) mass is 263 g/mol. The van der Waals surface area contributed by atoms with Crippen molar-refractivity contribution in [3.63, 3.8) is 0 Å². The first-order valence-corrected chi connectivity index (χ1v) is 5.71. The molecule has 3 amide bonds. The van der Waals surface area contributed by atoms with E-state index < -0.39 is 23.4 Å². The number of carbonyl (C=O) groups is 3. The molecule has 1 aromatic heterocycles. The molecule has 0 aliphatic carbocycles. The predicted octanol–water partition coefficient (Wildman–Crippen LogP) is 0.323. The number of carboxylic acids is 1. The highest BCUT2D eigenvalue weighted by atomic mass is 16.4. The fourth-order valence-corrected chi connectivity index (χ4v) is 1.96. The summed E-state index contributed by atoms with van der Waals surface area (Å²) in [6.07, 6.45) is 2.79. The first-order valence-electron chi connectivity index (χ1n) is 5.71. The third-order valence-electron chi connectivity index (χ3n) is 3.06. The quantitative estimate of drug-likeness (QED) is 0.762. The first-order chi connectivity index (χ1) is 8.95. The average Bonchev–Trinajstić information content (AvgIpc) is 2.60. The van der Waals surface area contributed by atoms with Crippen LogP contribution < -0.4 is 5.32 Å². The van der Waals surface area contributed by atoms with Gasteiger partial charge in [0.15, 0.2) is 0 Å². The minimum atomic E-state index is -1.19. The zero-order valence-corrected chi connectivity index (χ0v) is 10.3. The third-order valence-corrected chi connectivity index (χ3v) is 3.06. The van der Waals surface area contributed by atoms with Crippen molar-refractivity contribution in [3.8, 4) is 0 Å². The largest absolute Gasteiger partial charge is 0.481 e. The Bertz CT molecular complexity index is 531. The molecular weight excluding hydrogens is 250 g/mol. The van der Waals surface area contributed by atoms with Gasteiger partial charge in [0.05, 0.1) is 6.42 Å². The van der Waals surface area contributed by atoms with Crippen LogP contribution in [0.5, 0.6) is 0 Å². The van der Waals surface area contributed by atoms with Crippen molar-refractivity contribution in [2.45, 2.75) is 18.9 Å². The van der Waals surface area contributed by atoms with Gasteiger partial charge in [-0.05, 0) is 13.0 Å². The van der Waals surface area contributed by atoms with Crippen LogP contribution >= 0.6 is 0 Å². The van der Waals surface area contributed by atoms with Crippen LogP contribution in [0.3, 0.4) is 0 Å². The molecule has 0 spiro atoms. The van der Waals surface area contributed by atoms with Gasteiger partial charge in [-0.3, -0.25) is 19.5 Å². The van der Waals surface area contributed by atoms with E-state index in [4.69, 9.17) is 5.11 Å². The summed E-state index contributed by atoms with van der Waals surface area (Å²) >= 11 is 0. The van der Waals surface area contributed by atoms with Gasteiger partial charge in [-0.15, -0.1) is 0 Å². The second kappa shape index (κ2) is 4.68. The maximum Gasteiger partial charge on any atom is 0.325 e. The summed E-state index contributed by atoms with van der Waals surface area (Å²) in [5, 5.41) is 11.2. The Morgan fingerprint density at radius 1 is 1.53 bits per heavy atom. The molecule has 1 aromatic rings. The number of hydrogen-bond donors (Lipinski definition) is 2. The van der Waals surface area contributed by atoms with Crippen LogP contribution in [0.15, 0.2) is 24.5 Å². The number of urea groups is 1. The molecule has 19 heavy (non-hydrogen) atoms. The van der Waals surface area contributed by atoms with Gasteiger partial charge in [-0.1, -0.05) is 6.07 Å². The zero-order chi connectivity index (χ0) is 14.0. The molecular formula is C12H13N3O4. The Balaban J connectivity index is 2.24. The number of imide groups is 1. The first kappa shape index (κ1) is 13.0. The Kier molecular flexibility index (Phi) is 3.20. The number of hydrogen-bond acceptors (Lipinski definition) is 4. The number of carbonyl (C=O) groups excluding carboxylic acids is 2. The standard InChI is InChI=1S/C12H13N3O4/c1-12(8-3-2-5-13-7-8)10(18)15(11(19)14-12)6-4-9(16)17/h2-3,5,7H,4,6H2,1H3,(H,14,19)(H,16,17). The van der Waals surface area contributed by atoms with Crippen molar-refractivity contribution >= 4 is 17.9 Å². The average molecular weight is 263 g/mol. The second-order valence-electron chi connectivity index (χ2n) is 4.40. The molecule has 2 N–H and O–H groups in total. The lowest BCUT2D eigenvalue weighted by Crippen LogP contribution is -2.41. The highest BCUT2D eigenvalue weighted by molar-refractivity contribution is 6.07. The number of aromatic nitrogens is 1. The SMILES string of the molecule is CC1(c2cccnc2)NC(=O)N(CCC(=O)O)C1=O. The number of aliphatic carboxylic acids is 1. The van der Waals surface area contributed by atoms with Gasteiger partial charge in [0, 0.05) is 24.5 Å². The van der Waals surface area contributed by atoms with Crippen LogP contribution in [0.25, 0.3) is 0 Å². The fourth-order valence-electron chi connectivity index (χ4n) is 1.96. The van der Waals surface area contributed by atoms with Gasteiger partial charge in [0.1, 0.15) is 5.54 Å². The topological polar surface area (TPSA) is 99.6 Å². The van der Waals surface area contributed by atoms with E-state index in [9.17, 15) is 14.4 Å². The lowest BCUT2D eigenvalue weighted by molar-refractivity contribution is -0.138. The Labute approximate surface area is 109 Å². The van der Waals surface area contributed by atoms with E-state index in [1.54, 1.807) is 25.3 Å². The number of pyridine rings is 1. The molecule has 100 valence electrons. The van der Waals surface area contributed by atoms with E-state index in [0.717, 1.165) is 4.90 Å². The summed E-state index contributed by atoms with van der Waals surface area (Å²) in [5.74, 6) is -1.53. The molecule has 0 radical (unpaired) electrons. The molecule has 1 aliphatic rings. The van der Waals surface area contributed by atoms with Crippen molar-refractivity contribution in [2.75, 3.05) is 6.54 Å². The zero-order valence-electron chi connectivity index (χ0n) is 10.3. The molecule has 0 saturated carbocycles. The lowest BCUT2D eigenvalue weighted by atomic mass is 9.93. The smallest absolute Gasteiger partial charge is 0.325 e. The molecule has 1 saturated heterocycles. The summed E-state index contributed by atoms with van der Waals surface area (Å²) in [6, 6.07) is 2.77. The summed E-state index contributed by atoms with van der Waals surface area (Å²) in [6.45, 7) is 1.43. The molecule has 0 aromatic carbocycles. The minimum absolute atomic E-state index is 0.143. The fraction of sp³-hybridized carbons (Fsp3) is 0.333. The van der Waals surface area contributed by atoms with Crippen LogP contribution in [0, 0.1) is 0 Å². The highest BCUT2D eigenvalue weighted by Crippen LogP contribution is 2.28. The van der Waals surface area contributed by atoms with Crippen LogP contribution in [0.2, 0.25) is 0 Å². The van der Waals surface area contributed by atoms with E-state index in [1.807, 2.05) is 0 Å². The number of nitrogens with one attached hydrogen (secondary N) is 1. The Morgan fingerprint density at radius 3 is 2.84 bits per heavy atom. The van der Waals surface area contributed by atoms with Crippen molar-refractivity contribution in [1.29, 1.82) is 0 Å². The van der Waals surface area contributed by atoms with Gasteiger partial charge in [-0.25, -0.2) is 4.79 Å². The molecule has 1 atom stereocenters. The minimum Gasteiger partial charge on any atom is -0.481 e. The van der Waals surface area contributed by atoms with Gasteiger partial charge in [0.2, 0.25) is 0 Å². The maximum atomic E-state index is 12.3. The third kappa shape index (κ3) is 2.26. The predicted molar refractivity (Wildman–Crippen MR) is 64.1 cm³/mol. The summed E-state index contributed by atoms with van der Waals surface area (Å²) < 4.78 is 0. The summed E-state index contributed by atoms with van der Waals surface area (Å²) in [4.78, 5) is 39.4. The van der Waals surface area contributed by atoms with E-state index in [-0.39, 0.29) is 13.0 Å². The van der Waals surface area contributed by atoms with Crippen molar-refractivity contribution < 1.29 is 19.5 Å². The van der Waals surface area contributed by atoms with E-state index in [0.29, 0.717) is 5.56 Å². The molecule has 2 heterocycles. The number of carboxylic acid groups (broad SMARTS) is 1. The van der Waals surface area contributed by atoms with Crippen molar-refractivity contribution in [1.82, 2.24) is 15.2 Å². The molecule has 0 bridgehead atoms. The van der Waals surface area contributed by atoms with E-state index in [1.165, 1.54) is 6.20 Å². The maximum absolute atomic E-state index is 12.3. The van der Waals surface area contributed by atoms with Gasteiger partial charge in [0.25, 0.3) is 5.91 Å². The number of rotatable bonds is 4. The summed E-state index contributed by atoms with van der Waals surface area (Å²) in [5.41, 5.74) is -0.629. The van der Waals surface area contributed by atoms with Crippen LogP contribution in [0.1, 0.15) is 18.9 Å². The van der Waals surface area contributed by atoms with Gasteiger partial charge < -0.3 is 10.4 Å². The van der Waals surface area contributed by atoms with Crippen molar-refractivity contribution in [3.05, 3.63) is 30.1 Å². The molecule has 7 heteroatoms. The van der Waals surface area contributed by atoms with Gasteiger partial charge in [-0.2, -0.15) is 0 Å². The summed E-state index contributed by atoms with van der Waals surface area (Å²) in [7, 11) is 0. The molecule has 7 nitrogen and oxygen atoms in total. The molecule has 1 aliphatic heterocycles. The molecule has 2 rings (SSSR count). The second-order valence-corrected chi connectivity index (χ2v) is 4.40. The van der Waals surface area contributed by atoms with E-state index in [2.05, 4.69) is 10.3 Å². The molecule has 1 unspecified atom stereocenters. The van der Waals surface area contributed by atoms with Crippen LogP contribution in [0.4, 0.5) is 4.79 Å². The number of amides is 3. The van der Waals surface area contributed by atoms with Crippen molar-refractivity contribution in [2.24, 2.45) is 0 Å². The van der Waals surface area contributed by atoms with E-state index >= 15 is 0 Å². The number of nitrogens with zero attached hydrogens (tertiary/aromatic N) is 2.